The fourth-order valence-corrected chi connectivity index (χ4v) is 4.11. The number of halogens is 1. The summed E-state index contributed by atoms with van der Waals surface area (Å²) in [7, 11) is 2.00. The van der Waals surface area contributed by atoms with E-state index in [9.17, 15) is 4.79 Å². The van der Waals surface area contributed by atoms with Crippen molar-refractivity contribution in [3.8, 4) is 0 Å². The third kappa shape index (κ3) is 5.94. The quantitative estimate of drug-likeness (QED) is 0.378. The van der Waals surface area contributed by atoms with Crippen molar-refractivity contribution in [3.63, 3.8) is 0 Å². The van der Waals surface area contributed by atoms with Crippen LogP contribution >= 0.6 is 35.3 Å². The standard InChI is InChI=1S/C21H28N4OS.HI/c1-4-22-21(24(3)14-17-7-5-16(2)6-8-17)23-13-20(26)25-11-9-19-18(15-25)10-12-27-19;/h5-8,10,12H,4,9,11,13-15H2,1-3H3,(H,22,23);1H. The lowest BCUT2D eigenvalue weighted by Crippen LogP contribution is -2.41. The van der Waals surface area contributed by atoms with Crippen LogP contribution in [0.1, 0.15) is 28.5 Å². The summed E-state index contributed by atoms with van der Waals surface area (Å²) in [4.78, 5) is 22.6. The van der Waals surface area contributed by atoms with Gasteiger partial charge in [-0.3, -0.25) is 4.79 Å². The third-order valence-corrected chi connectivity index (χ3v) is 5.78. The molecular formula is C21H29IN4OS. The number of hydrogen-bond acceptors (Lipinski definition) is 3. The molecule has 1 aliphatic rings. The molecule has 0 atom stereocenters. The van der Waals surface area contributed by atoms with Crippen LogP contribution in [-0.2, 0) is 24.3 Å². The highest BCUT2D eigenvalue weighted by Gasteiger charge is 2.21. The number of rotatable bonds is 5. The summed E-state index contributed by atoms with van der Waals surface area (Å²) < 4.78 is 0. The molecule has 28 heavy (non-hydrogen) atoms. The maximum atomic E-state index is 12.6. The van der Waals surface area contributed by atoms with E-state index in [2.05, 4.69) is 57.8 Å². The molecule has 1 N–H and O–H groups in total. The van der Waals surface area contributed by atoms with Gasteiger partial charge in [0.15, 0.2) is 5.96 Å². The molecule has 0 bridgehead atoms. The van der Waals surface area contributed by atoms with Crippen molar-refractivity contribution in [1.82, 2.24) is 15.1 Å². The van der Waals surface area contributed by atoms with Crippen molar-refractivity contribution < 1.29 is 4.79 Å². The SMILES string of the molecule is CCNC(=NCC(=O)N1CCc2sccc2C1)N(C)Cc1ccc(C)cc1.I. The molecule has 152 valence electrons. The second kappa shape index (κ2) is 10.8. The number of hydrogen-bond donors (Lipinski definition) is 1. The molecule has 1 aromatic heterocycles. The van der Waals surface area contributed by atoms with E-state index >= 15 is 0 Å². The van der Waals surface area contributed by atoms with Crippen LogP contribution in [0.25, 0.3) is 0 Å². The average Bonchev–Trinajstić information content (AvgIpc) is 3.14. The summed E-state index contributed by atoms with van der Waals surface area (Å²) in [5, 5.41) is 5.40. The minimum atomic E-state index is 0. The van der Waals surface area contributed by atoms with Crippen LogP contribution in [0, 0.1) is 6.92 Å². The molecule has 2 aromatic rings. The zero-order valence-electron chi connectivity index (χ0n) is 16.8. The third-order valence-electron chi connectivity index (χ3n) is 4.76. The van der Waals surface area contributed by atoms with Crippen LogP contribution in [0.15, 0.2) is 40.7 Å². The summed E-state index contributed by atoms with van der Waals surface area (Å²) in [6.07, 6.45) is 0.954. The highest BCUT2D eigenvalue weighted by atomic mass is 127. The lowest BCUT2D eigenvalue weighted by molar-refractivity contribution is -0.130. The molecule has 1 aliphatic heterocycles. The van der Waals surface area contributed by atoms with Gasteiger partial charge in [0.25, 0.3) is 0 Å². The summed E-state index contributed by atoms with van der Waals surface area (Å²) in [6, 6.07) is 10.6. The highest BCUT2D eigenvalue weighted by Crippen LogP contribution is 2.23. The number of carbonyl (C=O) groups excluding carboxylic acids is 1. The number of guanidine groups is 1. The summed E-state index contributed by atoms with van der Waals surface area (Å²) in [5.41, 5.74) is 3.76. The predicted octanol–water partition coefficient (Wildman–Crippen LogP) is 3.66. The molecule has 1 aromatic carbocycles. The Morgan fingerprint density at radius 2 is 2.04 bits per heavy atom. The fourth-order valence-electron chi connectivity index (χ4n) is 3.22. The number of amides is 1. The first-order chi connectivity index (χ1) is 13.1. The number of benzene rings is 1. The molecular weight excluding hydrogens is 483 g/mol. The minimum Gasteiger partial charge on any atom is -0.357 e. The smallest absolute Gasteiger partial charge is 0.244 e. The van der Waals surface area contributed by atoms with Crippen molar-refractivity contribution in [1.29, 1.82) is 0 Å². The number of aryl methyl sites for hydroxylation is 1. The van der Waals surface area contributed by atoms with E-state index in [4.69, 9.17) is 0 Å². The molecule has 0 aliphatic carbocycles. The van der Waals surface area contributed by atoms with E-state index in [-0.39, 0.29) is 36.4 Å². The Balaban J connectivity index is 0.00000280. The Morgan fingerprint density at radius 3 is 2.75 bits per heavy atom. The van der Waals surface area contributed by atoms with Crippen LogP contribution in [0.5, 0.6) is 0 Å². The second-order valence-corrected chi connectivity index (χ2v) is 7.95. The van der Waals surface area contributed by atoms with Crippen LogP contribution in [0.3, 0.4) is 0 Å². The van der Waals surface area contributed by atoms with Gasteiger partial charge in [0.2, 0.25) is 5.91 Å². The molecule has 7 heteroatoms. The summed E-state index contributed by atoms with van der Waals surface area (Å²) in [6.45, 7) is 7.33. The van der Waals surface area contributed by atoms with Crippen LogP contribution in [0.2, 0.25) is 0 Å². The van der Waals surface area contributed by atoms with Gasteiger partial charge in [0.1, 0.15) is 6.54 Å². The van der Waals surface area contributed by atoms with Gasteiger partial charge in [-0.05, 0) is 42.8 Å². The summed E-state index contributed by atoms with van der Waals surface area (Å²) in [5.74, 6) is 0.852. The van der Waals surface area contributed by atoms with E-state index in [0.717, 1.165) is 32.0 Å². The van der Waals surface area contributed by atoms with Gasteiger partial charge in [-0.15, -0.1) is 35.3 Å². The molecule has 5 nitrogen and oxygen atoms in total. The van der Waals surface area contributed by atoms with Crippen molar-refractivity contribution in [3.05, 3.63) is 57.3 Å². The fraction of sp³-hybridized carbons (Fsp3) is 0.429. The zero-order chi connectivity index (χ0) is 19.2. The molecule has 0 saturated heterocycles. The maximum absolute atomic E-state index is 12.6. The van der Waals surface area contributed by atoms with Gasteiger partial charge in [0, 0.05) is 38.1 Å². The van der Waals surface area contributed by atoms with Crippen molar-refractivity contribution >= 4 is 47.2 Å². The molecule has 1 amide bonds. The van der Waals surface area contributed by atoms with E-state index in [1.807, 2.05) is 18.9 Å². The number of carbonyl (C=O) groups is 1. The Kier molecular flexibility index (Phi) is 8.75. The molecule has 0 fully saturated rings. The Bertz CT molecular complexity index is 803. The van der Waals surface area contributed by atoms with Gasteiger partial charge in [-0.2, -0.15) is 0 Å². The molecule has 0 radical (unpaired) electrons. The van der Waals surface area contributed by atoms with Crippen molar-refractivity contribution in [2.45, 2.75) is 33.4 Å². The van der Waals surface area contributed by atoms with Gasteiger partial charge < -0.3 is 15.1 Å². The first kappa shape index (κ1) is 22.7. The van der Waals surface area contributed by atoms with Gasteiger partial charge in [-0.1, -0.05) is 29.8 Å². The monoisotopic (exact) mass is 512 g/mol. The van der Waals surface area contributed by atoms with Crippen LogP contribution < -0.4 is 5.32 Å². The van der Waals surface area contributed by atoms with Crippen LogP contribution in [0.4, 0.5) is 0 Å². The van der Waals surface area contributed by atoms with E-state index < -0.39 is 0 Å². The van der Waals surface area contributed by atoms with E-state index in [1.165, 1.54) is 21.6 Å². The second-order valence-electron chi connectivity index (χ2n) is 6.95. The number of aliphatic imine (C=N–C) groups is 1. The zero-order valence-corrected chi connectivity index (χ0v) is 19.9. The first-order valence-corrected chi connectivity index (χ1v) is 10.3. The van der Waals surface area contributed by atoms with E-state index in [1.54, 1.807) is 11.3 Å². The van der Waals surface area contributed by atoms with Gasteiger partial charge in [0.05, 0.1) is 0 Å². The molecule has 0 spiro atoms. The molecule has 0 unspecified atom stereocenters. The van der Waals surface area contributed by atoms with Crippen LogP contribution in [-0.4, -0.2) is 48.3 Å². The normalized spacial score (nSPS) is 13.5. The molecule has 3 rings (SSSR count). The number of thiophene rings is 1. The van der Waals surface area contributed by atoms with Crippen molar-refractivity contribution in [2.24, 2.45) is 4.99 Å². The molecule has 0 saturated carbocycles. The number of fused-ring (bicyclic) bond motifs is 1. The number of nitrogens with one attached hydrogen (secondary N) is 1. The summed E-state index contributed by atoms with van der Waals surface area (Å²) >= 11 is 1.79. The Morgan fingerprint density at radius 1 is 1.29 bits per heavy atom. The Hall–Kier alpha value is -1.61. The Labute approximate surface area is 188 Å². The maximum Gasteiger partial charge on any atom is 0.244 e. The lowest BCUT2D eigenvalue weighted by Gasteiger charge is -2.27. The van der Waals surface area contributed by atoms with Gasteiger partial charge >= 0.3 is 0 Å². The highest BCUT2D eigenvalue weighted by molar-refractivity contribution is 14.0. The number of nitrogens with zero attached hydrogens (tertiary/aromatic N) is 3. The predicted molar refractivity (Wildman–Crippen MR) is 127 cm³/mol. The minimum absolute atomic E-state index is 0. The van der Waals surface area contributed by atoms with Gasteiger partial charge in [-0.25, -0.2) is 4.99 Å². The molecule has 2 heterocycles. The first-order valence-electron chi connectivity index (χ1n) is 9.45. The van der Waals surface area contributed by atoms with Crippen molar-refractivity contribution in [2.75, 3.05) is 26.7 Å². The van der Waals surface area contributed by atoms with E-state index in [0.29, 0.717) is 6.54 Å². The lowest BCUT2D eigenvalue weighted by atomic mass is 10.1. The average molecular weight is 512 g/mol. The largest absolute Gasteiger partial charge is 0.357 e. The topological polar surface area (TPSA) is 47.9 Å².